The summed E-state index contributed by atoms with van der Waals surface area (Å²) >= 11 is 0. The van der Waals surface area contributed by atoms with E-state index in [-0.39, 0.29) is 170 Å². The lowest BCUT2D eigenvalue weighted by Crippen LogP contribution is -2.40. The molecular weight excluding hydrogens is 816 g/mol. The van der Waals surface area contributed by atoms with Crippen molar-refractivity contribution < 1.29 is 90.7 Å². The monoisotopic (exact) mass is 874 g/mol. The fourth-order valence-electron chi connectivity index (χ4n) is 4.98. The molecule has 2 aliphatic heterocycles. The summed E-state index contributed by atoms with van der Waals surface area (Å²) < 4.78 is 43.6. The fourth-order valence-corrected chi connectivity index (χ4v) is 4.98. The summed E-state index contributed by atoms with van der Waals surface area (Å²) in [7, 11) is 0. The number of carbonyl (C=O) groups excluding carboxylic acids is 9. The highest BCUT2D eigenvalue weighted by Gasteiger charge is 2.32. The van der Waals surface area contributed by atoms with Gasteiger partial charge in [-0.3, -0.25) is 38.5 Å². The largest absolute Gasteiger partial charge is 0.378 e. The Balaban J connectivity index is 1.49. The van der Waals surface area contributed by atoms with Crippen LogP contribution in [0.4, 0.5) is 0 Å². The third kappa shape index (κ3) is 23.7. The Kier molecular flexibility index (Phi) is 28.3. The third-order valence-electron chi connectivity index (χ3n) is 8.15. The topological polar surface area (TPSA) is 259 Å². The van der Waals surface area contributed by atoms with Gasteiger partial charge in [0.1, 0.15) is 0 Å². The Morgan fingerprint density at radius 2 is 0.967 bits per heavy atom. The zero-order chi connectivity index (χ0) is 44.5. The quantitative estimate of drug-likeness (QED) is 0.0310. The van der Waals surface area contributed by atoms with Gasteiger partial charge in [-0.2, -0.15) is 0 Å². The van der Waals surface area contributed by atoms with Gasteiger partial charge in [0.15, 0.2) is 0 Å². The van der Waals surface area contributed by atoms with E-state index in [0.29, 0.717) is 23.2 Å². The standard InChI is InChI=1S/C38H58N4O19/c1-2-3-34(47)41(30-43)60-37(50)9-14-52-18-22-56-26-28-58-24-20-54-16-12-39(31(44)8-11-40-32(45)4-5-33(40)46)13-17-55-21-25-59-29-27-57-23-19-53-15-10-38(51)61-42-35(48)6-7-36(42)49/h4-5,30H,2-3,6-29H2,1H3. The highest BCUT2D eigenvalue weighted by Crippen LogP contribution is 2.12. The van der Waals surface area contributed by atoms with Crippen LogP contribution in [-0.4, -0.2) is 199 Å². The fraction of sp³-hybridized carbons (Fsp3) is 0.711. The number of carbonyl (C=O) groups is 9. The zero-order valence-electron chi connectivity index (χ0n) is 34.7. The molecule has 0 unspecified atom stereocenters. The molecule has 7 amide bonds. The maximum Gasteiger partial charge on any atom is 0.335 e. The predicted molar refractivity (Wildman–Crippen MR) is 204 cm³/mol. The first-order valence-corrected chi connectivity index (χ1v) is 20.0. The van der Waals surface area contributed by atoms with Gasteiger partial charge in [-0.1, -0.05) is 6.92 Å². The van der Waals surface area contributed by atoms with E-state index >= 15 is 0 Å². The van der Waals surface area contributed by atoms with Gasteiger partial charge in [-0.25, -0.2) is 9.59 Å². The second-order valence-corrected chi connectivity index (χ2v) is 12.8. The normalized spacial score (nSPS) is 13.7. The lowest BCUT2D eigenvalue weighted by Gasteiger charge is -2.24. The van der Waals surface area contributed by atoms with E-state index < -0.39 is 41.5 Å². The predicted octanol–water partition coefficient (Wildman–Crippen LogP) is -1.11. The van der Waals surface area contributed by atoms with Crippen LogP contribution >= 0.6 is 0 Å². The van der Waals surface area contributed by atoms with Crippen LogP contribution in [-0.2, 0) is 90.7 Å². The van der Waals surface area contributed by atoms with Gasteiger partial charge in [-0.15, -0.1) is 10.1 Å². The summed E-state index contributed by atoms with van der Waals surface area (Å²) in [6.07, 6.45) is 2.75. The first-order valence-electron chi connectivity index (χ1n) is 20.0. The smallest absolute Gasteiger partial charge is 0.335 e. The minimum Gasteiger partial charge on any atom is -0.378 e. The molecule has 2 rings (SSSR count). The number of rotatable bonds is 37. The van der Waals surface area contributed by atoms with Gasteiger partial charge in [0.2, 0.25) is 5.91 Å². The Bertz CT molecular complexity index is 1400. The van der Waals surface area contributed by atoms with E-state index in [9.17, 15) is 43.2 Å². The molecule has 1 fully saturated rings. The SMILES string of the molecule is CCCC(=O)N(C=O)OC(=O)CCOCCOCCOCCOCCN(CCOCCOCCOCCOCCC(=O)ON1C(=O)CCC1=O)C(=O)CCN1C(=O)C=CC1=O. The maximum absolute atomic E-state index is 13.0. The molecular formula is C38H58N4O19. The Morgan fingerprint density at radius 1 is 0.557 bits per heavy atom. The highest BCUT2D eigenvalue weighted by atomic mass is 16.7. The average Bonchev–Trinajstić information content (AvgIpc) is 3.74. The second-order valence-electron chi connectivity index (χ2n) is 12.8. The van der Waals surface area contributed by atoms with Crippen LogP contribution in [0.5, 0.6) is 0 Å². The van der Waals surface area contributed by atoms with E-state index in [2.05, 4.69) is 0 Å². The van der Waals surface area contributed by atoms with Gasteiger partial charge in [-0.05, 0) is 6.42 Å². The summed E-state index contributed by atoms with van der Waals surface area (Å²) in [5, 5.41) is 0.869. The van der Waals surface area contributed by atoms with Gasteiger partial charge in [0.05, 0.1) is 119 Å². The van der Waals surface area contributed by atoms with Crippen molar-refractivity contribution in [1.29, 1.82) is 0 Å². The van der Waals surface area contributed by atoms with E-state index in [1.165, 1.54) is 4.90 Å². The second kappa shape index (κ2) is 32.9. The van der Waals surface area contributed by atoms with Crippen LogP contribution in [0.2, 0.25) is 0 Å². The molecule has 0 aromatic carbocycles. The number of hydrogen-bond acceptors (Lipinski definition) is 19. The highest BCUT2D eigenvalue weighted by molar-refractivity contribution is 6.13. The van der Waals surface area contributed by atoms with Crippen LogP contribution in [0.3, 0.4) is 0 Å². The van der Waals surface area contributed by atoms with Gasteiger partial charge < -0.3 is 52.5 Å². The molecule has 0 aliphatic carbocycles. The molecule has 0 N–H and O–H groups in total. The summed E-state index contributed by atoms with van der Waals surface area (Å²) in [6.45, 7) is 5.76. The molecule has 0 saturated carbocycles. The molecule has 0 bridgehead atoms. The summed E-state index contributed by atoms with van der Waals surface area (Å²) in [4.78, 5) is 118. The number of hydroxylamine groups is 4. The molecule has 2 aliphatic rings. The summed E-state index contributed by atoms with van der Waals surface area (Å²) in [6, 6.07) is 0. The molecule has 23 heteroatoms. The summed E-state index contributed by atoms with van der Waals surface area (Å²) in [5.74, 6) is -4.44. The molecule has 0 spiro atoms. The molecule has 2 heterocycles. The van der Waals surface area contributed by atoms with Crippen LogP contribution in [0.15, 0.2) is 12.2 Å². The third-order valence-corrected chi connectivity index (χ3v) is 8.15. The van der Waals surface area contributed by atoms with E-state index in [1.807, 2.05) is 0 Å². The van der Waals surface area contributed by atoms with Gasteiger partial charge in [0, 0.05) is 57.5 Å². The molecule has 0 radical (unpaired) electrons. The molecule has 344 valence electrons. The number of imide groups is 3. The van der Waals surface area contributed by atoms with Crippen molar-refractivity contribution in [3.63, 3.8) is 0 Å². The molecule has 0 atom stereocenters. The van der Waals surface area contributed by atoms with Crippen LogP contribution < -0.4 is 0 Å². The molecule has 61 heavy (non-hydrogen) atoms. The van der Waals surface area contributed by atoms with E-state index in [0.717, 1.165) is 17.1 Å². The molecule has 0 aromatic rings. The minimum atomic E-state index is -0.774. The van der Waals surface area contributed by atoms with Crippen LogP contribution in [0.25, 0.3) is 0 Å². The Morgan fingerprint density at radius 3 is 1.39 bits per heavy atom. The van der Waals surface area contributed by atoms with Gasteiger partial charge >= 0.3 is 11.9 Å². The van der Waals surface area contributed by atoms with Crippen molar-refractivity contribution in [2.45, 2.75) is 51.9 Å². The lowest BCUT2D eigenvalue weighted by molar-refractivity contribution is -0.198. The van der Waals surface area contributed by atoms with Gasteiger partial charge in [0.25, 0.3) is 35.9 Å². The zero-order valence-corrected chi connectivity index (χ0v) is 34.7. The Hall–Kier alpha value is -4.75. The number of ether oxygens (including phenoxy) is 8. The summed E-state index contributed by atoms with van der Waals surface area (Å²) in [5.41, 5.74) is 0. The molecule has 23 nitrogen and oxygen atoms in total. The van der Waals surface area contributed by atoms with Crippen molar-refractivity contribution in [3.05, 3.63) is 12.2 Å². The van der Waals surface area contributed by atoms with Crippen molar-refractivity contribution in [2.75, 3.05) is 125 Å². The average molecular weight is 875 g/mol. The minimum absolute atomic E-state index is 0.0204. The van der Waals surface area contributed by atoms with Crippen LogP contribution in [0, 0.1) is 0 Å². The Labute approximate surface area is 353 Å². The first-order chi connectivity index (χ1) is 29.6. The van der Waals surface area contributed by atoms with Crippen LogP contribution in [0.1, 0.15) is 51.9 Å². The van der Waals surface area contributed by atoms with E-state index in [4.69, 9.17) is 47.6 Å². The van der Waals surface area contributed by atoms with Crippen molar-refractivity contribution in [1.82, 2.24) is 19.9 Å². The maximum atomic E-state index is 13.0. The van der Waals surface area contributed by atoms with E-state index in [1.54, 1.807) is 6.92 Å². The van der Waals surface area contributed by atoms with Crippen molar-refractivity contribution in [3.8, 4) is 0 Å². The number of hydrogen-bond donors (Lipinski definition) is 0. The molecule has 0 aromatic heterocycles. The molecule has 1 saturated heterocycles. The number of amides is 7. The number of nitrogens with zero attached hydrogens (tertiary/aromatic N) is 4. The van der Waals surface area contributed by atoms with Crippen molar-refractivity contribution in [2.24, 2.45) is 0 Å². The van der Waals surface area contributed by atoms with Crippen molar-refractivity contribution >= 4 is 53.8 Å². The lowest BCUT2D eigenvalue weighted by atomic mass is 10.3. The first kappa shape index (κ1) is 52.4.